The van der Waals surface area contributed by atoms with Crippen LogP contribution in [0.4, 0.5) is 11.5 Å². The molecule has 1 aromatic carbocycles. The Labute approximate surface area is 144 Å². The minimum absolute atomic E-state index is 0.00476. The number of halogens is 2. The average Bonchev–Trinajstić information content (AvgIpc) is 2.47. The lowest BCUT2D eigenvalue weighted by molar-refractivity contribution is 0.383. The van der Waals surface area contributed by atoms with Gasteiger partial charge in [0.2, 0.25) is 15.3 Å². The molecule has 9 heteroatoms. The van der Waals surface area contributed by atoms with Gasteiger partial charge in [-0.1, -0.05) is 30.2 Å². The number of sulfonamides is 1. The molecule has 0 radical (unpaired) electrons. The monoisotopic (exact) mass is 372 g/mol. The van der Waals surface area contributed by atoms with E-state index in [0.29, 0.717) is 5.69 Å². The molecule has 0 amide bonds. The summed E-state index contributed by atoms with van der Waals surface area (Å²) in [4.78, 5) is 7.87. The Morgan fingerprint density at radius 2 is 1.91 bits per heavy atom. The summed E-state index contributed by atoms with van der Waals surface area (Å²) in [5.74, 6) is 0.248. The van der Waals surface area contributed by atoms with Gasteiger partial charge >= 0.3 is 0 Å². The van der Waals surface area contributed by atoms with Gasteiger partial charge in [-0.05, 0) is 36.6 Å². The highest BCUT2D eigenvalue weighted by Gasteiger charge is 2.26. The van der Waals surface area contributed by atoms with Crippen LogP contribution in [0.25, 0.3) is 0 Å². The zero-order valence-corrected chi connectivity index (χ0v) is 14.3. The summed E-state index contributed by atoms with van der Waals surface area (Å²) in [6, 6.07) is 6.56. The predicted molar refractivity (Wildman–Crippen MR) is 89.7 cm³/mol. The average molecular weight is 373 g/mol. The van der Waals surface area contributed by atoms with Crippen molar-refractivity contribution < 1.29 is 8.42 Å². The van der Waals surface area contributed by atoms with Crippen LogP contribution in [0, 0.1) is 0 Å². The van der Waals surface area contributed by atoms with Crippen LogP contribution >= 0.6 is 23.2 Å². The first-order valence-electron chi connectivity index (χ1n) is 7.02. The van der Waals surface area contributed by atoms with E-state index in [2.05, 4.69) is 20.0 Å². The summed E-state index contributed by atoms with van der Waals surface area (Å²) >= 11 is 11.8. The third kappa shape index (κ3) is 3.74. The Kier molecular flexibility index (Phi) is 4.72. The summed E-state index contributed by atoms with van der Waals surface area (Å²) in [7, 11) is -3.63. The van der Waals surface area contributed by atoms with Gasteiger partial charge in [-0.3, -0.25) is 0 Å². The molecule has 1 aromatic heterocycles. The van der Waals surface area contributed by atoms with E-state index in [1.807, 2.05) is 0 Å². The normalized spacial score (nSPS) is 15.2. The molecule has 0 atom stereocenters. The quantitative estimate of drug-likeness (QED) is 0.786. The maximum absolute atomic E-state index is 12.6. The van der Waals surface area contributed by atoms with Crippen LogP contribution in [-0.4, -0.2) is 24.4 Å². The molecule has 1 fully saturated rings. The minimum Gasteiger partial charge on any atom is -0.338 e. The molecule has 2 N–H and O–H groups in total. The first-order valence-corrected chi connectivity index (χ1v) is 9.26. The molecular formula is C14H14Cl2N4O2S. The fourth-order valence-electron chi connectivity index (χ4n) is 2.17. The number of benzene rings is 1. The van der Waals surface area contributed by atoms with Crippen molar-refractivity contribution in [3.05, 3.63) is 40.8 Å². The van der Waals surface area contributed by atoms with Crippen molar-refractivity contribution in [2.24, 2.45) is 0 Å². The SMILES string of the molecule is O=S(=O)(NC1CCC1)c1ccccc1Nc1nc(Cl)ncc1Cl. The number of nitrogens with one attached hydrogen (secondary N) is 2. The van der Waals surface area contributed by atoms with E-state index in [1.54, 1.807) is 18.2 Å². The van der Waals surface area contributed by atoms with Gasteiger partial charge in [-0.15, -0.1) is 0 Å². The molecule has 0 saturated heterocycles. The summed E-state index contributed by atoms with van der Waals surface area (Å²) in [5.41, 5.74) is 0.371. The number of hydrogen-bond donors (Lipinski definition) is 2. The number of aromatic nitrogens is 2. The van der Waals surface area contributed by atoms with Crippen LogP contribution in [0.15, 0.2) is 35.4 Å². The van der Waals surface area contributed by atoms with E-state index in [4.69, 9.17) is 23.2 Å². The minimum atomic E-state index is -3.63. The van der Waals surface area contributed by atoms with Crippen molar-refractivity contribution in [1.82, 2.24) is 14.7 Å². The van der Waals surface area contributed by atoms with Crippen molar-refractivity contribution >= 4 is 44.7 Å². The number of rotatable bonds is 5. The number of hydrogen-bond acceptors (Lipinski definition) is 5. The van der Waals surface area contributed by atoms with E-state index in [1.165, 1.54) is 12.3 Å². The third-order valence-corrected chi connectivity index (χ3v) is 5.61. The maximum Gasteiger partial charge on any atom is 0.242 e. The fraction of sp³-hybridized carbons (Fsp3) is 0.286. The highest BCUT2D eigenvalue weighted by atomic mass is 35.5. The Bertz CT molecular complexity index is 825. The van der Waals surface area contributed by atoms with Crippen LogP contribution in [0.1, 0.15) is 19.3 Å². The Hall–Kier alpha value is -1.41. The van der Waals surface area contributed by atoms with E-state index >= 15 is 0 Å². The molecule has 0 unspecified atom stereocenters. The maximum atomic E-state index is 12.6. The van der Waals surface area contributed by atoms with Gasteiger partial charge in [0, 0.05) is 6.04 Å². The van der Waals surface area contributed by atoms with Gasteiger partial charge in [0.1, 0.15) is 9.92 Å². The number of nitrogens with zero attached hydrogens (tertiary/aromatic N) is 2. The molecule has 6 nitrogen and oxygen atoms in total. The van der Waals surface area contributed by atoms with Gasteiger partial charge in [0.15, 0.2) is 5.82 Å². The van der Waals surface area contributed by atoms with Gasteiger partial charge in [0.25, 0.3) is 0 Å². The second kappa shape index (κ2) is 6.60. The molecule has 122 valence electrons. The first-order chi connectivity index (χ1) is 11.0. The highest BCUT2D eigenvalue weighted by Crippen LogP contribution is 2.29. The summed E-state index contributed by atoms with van der Waals surface area (Å²) < 4.78 is 27.8. The van der Waals surface area contributed by atoms with Crippen molar-refractivity contribution in [3.8, 4) is 0 Å². The van der Waals surface area contributed by atoms with Crippen LogP contribution in [0.5, 0.6) is 0 Å². The molecule has 1 aliphatic carbocycles. The second-order valence-corrected chi connectivity index (χ2v) is 7.63. The molecule has 1 aliphatic rings. The molecule has 0 aliphatic heterocycles. The molecule has 2 aromatic rings. The van der Waals surface area contributed by atoms with Crippen molar-refractivity contribution in [3.63, 3.8) is 0 Å². The lowest BCUT2D eigenvalue weighted by Gasteiger charge is -2.26. The largest absolute Gasteiger partial charge is 0.338 e. The number of para-hydroxylation sites is 1. The molecule has 23 heavy (non-hydrogen) atoms. The topological polar surface area (TPSA) is 84.0 Å². The van der Waals surface area contributed by atoms with Gasteiger partial charge in [0.05, 0.1) is 11.9 Å². The molecule has 0 bridgehead atoms. The summed E-state index contributed by atoms with van der Waals surface area (Å²) in [6.07, 6.45) is 4.12. The second-order valence-electron chi connectivity index (χ2n) is 5.21. The highest BCUT2D eigenvalue weighted by molar-refractivity contribution is 7.89. The van der Waals surface area contributed by atoms with Crippen molar-refractivity contribution in [1.29, 1.82) is 0 Å². The molecule has 1 saturated carbocycles. The van der Waals surface area contributed by atoms with Crippen LogP contribution in [0.2, 0.25) is 10.3 Å². The van der Waals surface area contributed by atoms with Crippen molar-refractivity contribution in [2.45, 2.75) is 30.2 Å². The summed E-state index contributed by atoms with van der Waals surface area (Å²) in [5, 5.41) is 3.17. The standard InChI is InChI=1S/C14H14Cl2N4O2S/c15-10-8-17-14(16)19-13(10)18-11-6-1-2-7-12(11)23(21,22)20-9-4-3-5-9/h1-2,6-9,20H,3-5H2,(H,17,18,19). The lowest BCUT2D eigenvalue weighted by Crippen LogP contribution is -2.39. The Morgan fingerprint density at radius 1 is 1.17 bits per heavy atom. The van der Waals surface area contributed by atoms with Crippen LogP contribution < -0.4 is 10.0 Å². The van der Waals surface area contributed by atoms with Crippen LogP contribution in [0.3, 0.4) is 0 Å². The van der Waals surface area contributed by atoms with Gasteiger partial charge in [-0.2, -0.15) is 4.98 Å². The molecular weight excluding hydrogens is 359 g/mol. The lowest BCUT2D eigenvalue weighted by atomic mass is 9.94. The van der Waals surface area contributed by atoms with Gasteiger partial charge in [-0.25, -0.2) is 18.1 Å². The van der Waals surface area contributed by atoms with E-state index < -0.39 is 10.0 Å². The molecule has 0 spiro atoms. The Morgan fingerprint density at radius 3 is 2.61 bits per heavy atom. The zero-order chi connectivity index (χ0) is 16.4. The molecule has 1 heterocycles. The smallest absolute Gasteiger partial charge is 0.242 e. The molecule has 3 rings (SSSR count). The van der Waals surface area contributed by atoms with Gasteiger partial charge < -0.3 is 5.32 Å². The first kappa shape index (κ1) is 16.4. The van der Waals surface area contributed by atoms with Crippen LogP contribution in [-0.2, 0) is 10.0 Å². The van der Waals surface area contributed by atoms with E-state index in [0.717, 1.165) is 19.3 Å². The van der Waals surface area contributed by atoms with E-state index in [9.17, 15) is 8.42 Å². The predicted octanol–water partition coefficient (Wildman–Crippen LogP) is 3.36. The van der Waals surface area contributed by atoms with E-state index in [-0.39, 0.29) is 27.1 Å². The Balaban J connectivity index is 1.92. The third-order valence-electron chi connectivity index (χ3n) is 3.57. The summed E-state index contributed by atoms with van der Waals surface area (Å²) in [6.45, 7) is 0. The fourth-order valence-corrected chi connectivity index (χ4v) is 3.91. The number of anilines is 2. The van der Waals surface area contributed by atoms with Crippen molar-refractivity contribution in [2.75, 3.05) is 5.32 Å². The zero-order valence-electron chi connectivity index (χ0n) is 12.0.